The van der Waals surface area contributed by atoms with Gasteiger partial charge in [-0.25, -0.2) is 15.0 Å². The van der Waals surface area contributed by atoms with Gasteiger partial charge in [-0.15, -0.1) is 11.3 Å². The van der Waals surface area contributed by atoms with Crippen molar-refractivity contribution < 1.29 is 14.6 Å². The van der Waals surface area contributed by atoms with E-state index in [0.717, 1.165) is 38.7 Å². The van der Waals surface area contributed by atoms with Crippen molar-refractivity contribution in [2.75, 3.05) is 11.6 Å². The number of aliphatic hydroxyl groups excluding tert-OH is 1. The summed E-state index contributed by atoms with van der Waals surface area (Å²) < 4.78 is 13.6. The Hall–Kier alpha value is -1.78. The van der Waals surface area contributed by atoms with Crippen LogP contribution in [-0.2, 0) is 9.47 Å². The van der Waals surface area contributed by atoms with Gasteiger partial charge in [-0.05, 0) is 52.5 Å². The number of hydrogen-bond acceptors (Lipinski definition) is 9. The minimum Gasteiger partial charge on any atom is -0.393 e. The van der Waals surface area contributed by atoms with Crippen LogP contribution in [-0.4, -0.2) is 56.5 Å². The predicted molar refractivity (Wildman–Crippen MR) is 128 cm³/mol. The van der Waals surface area contributed by atoms with Gasteiger partial charge in [0.05, 0.1) is 39.7 Å². The van der Waals surface area contributed by atoms with Crippen LogP contribution >= 0.6 is 23.1 Å². The average Bonchev–Trinajstić information content (AvgIpc) is 3.38. The first-order valence-corrected chi connectivity index (χ1v) is 12.9. The lowest BCUT2D eigenvalue weighted by Crippen LogP contribution is -2.35. The van der Waals surface area contributed by atoms with Crippen molar-refractivity contribution in [2.24, 2.45) is 5.92 Å². The van der Waals surface area contributed by atoms with Crippen LogP contribution in [0.2, 0.25) is 0 Å². The molecule has 170 valence electrons. The molecule has 0 bridgehead atoms. The maximum Gasteiger partial charge on any atom is 0.189 e. The van der Waals surface area contributed by atoms with Crippen molar-refractivity contribution in [1.29, 1.82) is 0 Å². The number of nitrogens with zero attached hydrogens (tertiary/aromatic N) is 3. The molecule has 5 atom stereocenters. The van der Waals surface area contributed by atoms with Crippen LogP contribution in [0.3, 0.4) is 0 Å². The van der Waals surface area contributed by atoms with Crippen LogP contribution in [0.25, 0.3) is 20.8 Å². The molecule has 0 amide bonds. The summed E-state index contributed by atoms with van der Waals surface area (Å²) in [6.45, 7) is 7.68. The van der Waals surface area contributed by atoms with Gasteiger partial charge in [0.1, 0.15) is 16.9 Å². The molecule has 3 heterocycles. The number of fused-ring (bicyclic) bond motifs is 2. The van der Waals surface area contributed by atoms with Gasteiger partial charge in [0.2, 0.25) is 0 Å². The van der Waals surface area contributed by atoms with E-state index in [1.807, 2.05) is 52.1 Å². The van der Waals surface area contributed by atoms with Gasteiger partial charge < -0.3 is 19.9 Å². The van der Waals surface area contributed by atoms with Crippen molar-refractivity contribution in [3.8, 4) is 10.6 Å². The molecule has 5 rings (SSSR count). The van der Waals surface area contributed by atoms with Gasteiger partial charge in [-0.2, -0.15) is 0 Å². The highest BCUT2D eigenvalue weighted by Gasteiger charge is 2.55. The standard InChI is InChI=1S/C23H28N4O3S2/c1-11-17(21-26-14-8-6-7-9-16(14)32-21)20(27-22(24-11)31-5)25-15-10-13(12(2)28)18-19(15)30-23(3,4)29-18/h6-9,12-13,15,18-19,28H,10H2,1-5H3,(H,24,25,27)/t12?,13?,15?,18-,19+/m1/s1. The van der Waals surface area contributed by atoms with Crippen LogP contribution in [0.15, 0.2) is 29.4 Å². The number of thioether (sulfide) groups is 1. The van der Waals surface area contributed by atoms with E-state index in [0.29, 0.717) is 5.16 Å². The lowest BCUT2D eigenvalue weighted by atomic mass is 9.99. The Morgan fingerprint density at radius 1 is 1.19 bits per heavy atom. The number of para-hydroxylation sites is 1. The lowest BCUT2D eigenvalue weighted by Gasteiger charge is -2.25. The summed E-state index contributed by atoms with van der Waals surface area (Å²) >= 11 is 3.15. The quantitative estimate of drug-likeness (QED) is 0.415. The zero-order valence-corrected chi connectivity index (χ0v) is 20.5. The summed E-state index contributed by atoms with van der Waals surface area (Å²) in [7, 11) is 0. The van der Waals surface area contributed by atoms with E-state index in [4.69, 9.17) is 19.4 Å². The van der Waals surface area contributed by atoms with E-state index in [2.05, 4.69) is 16.4 Å². The Kier molecular flexibility index (Phi) is 5.66. The van der Waals surface area contributed by atoms with E-state index in [-0.39, 0.29) is 24.2 Å². The summed E-state index contributed by atoms with van der Waals surface area (Å²) in [4.78, 5) is 14.4. The molecule has 1 saturated heterocycles. The number of hydrogen-bond donors (Lipinski definition) is 2. The molecule has 0 radical (unpaired) electrons. The zero-order valence-electron chi connectivity index (χ0n) is 18.8. The number of ether oxygens (including phenoxy) is 2. The molecule has 2 aromatic heterocycles. The fourth-order valence-corrected chi connectivity index (χ4v) is 6.26. The average molecular weight is 473 g/mol. The molecule has 7 nitrogen and oxygen atoms in total. The van der Waals surface area contributed by atoms with Crippen molar-refractivity contribution in [1.82, 2.24) is 15.0 Å². The molecule has 2 N–H and O–H groups in total. The van der Waals surface area contributed by atoms with Gasteiger partial charge in [0.15, 0.2) is 10.9 Å². The van der Waals surface area contributed by atoms with Crippen molar-refractivity contribution >= 4 is 39.1 Å². The largest absolute Gasteiger partial charge is 0.393 e. The molecule has 2 aliphatic rings. The molecule has 9 heteroatoms. The molecule has 32 heavy (non-hydrogen) atoms. The maximum atomic E-state index is 10.4. The molecule has 2 fully saturated rings. The number of rotatable bonds is 5. The van der Waals surface area contributed by atoms with E-state index in [1.165, 1.54) is 11.8 Å². The second-order valence-corrected chi connectivity index (χ2v) is 10.8. The second-order valence-electron chi connectivity index (χ2n) is 8.96. The Balaban J connectivity index is 1.55. The minimum atomic E-state index is -0.676. The monoisotopic (exact) mass is 472 g/mol. The van der Waals surface area contributed by atoms with E-state index in [1.54, 1.807) is 11.3 Å². The van der Waals surface area contributed by atoms with Crippen LogP contribution in [0, 0.1) is 12.8 Å². The Bertz CT molecular complexity index is 1120. The number of benzene rings is 1. The SMILES string of the molecule is CSc1nc(C)c(-c2nc3ccccc3s2)c(NC2CC(C(C)O)[C@H]3OC(C)(C)O[C@@H]23)n1. The Labute approximate surface area is 196 Å². The number of aryl methyl sites for hydroxylation is 1. The van der Waals surface area contributed by atoms with Gasteiger partial charge in [0.25, 0.3) is 0 Å². The van der Waals surface area contributed by atoms with Gasteiger partial charge in [0, 0.05) is 5.92 Å². The van der Waals surface area contributed by atoms with E-state index in [9.17, 15) is 5.11 Å². The van der Waals surface area contributed by atoms with Crippen LogP contribution < -0.4 is 5.32 Å². The topological polar surface area (TPSA) is 89.4 Å². The molecule has 1 saturated carbocycles. The van der Waals surface area contributed by atoms with Crippen molar-refractivity contribution in [3.63, 3.8) is 0 Å². The molecule has 0 spiro atoms. The fraction of sp³-hybridized carbons (Fsp3) is 0.522. The number of aliphatic hydroxyl groups is 1. The van der Waals surface area contributed by atoms with Crippen LogP contribution in [0.5, 0.6) is 0 Å². The van der Waals surface area contributed by atoms with Crippen molar-refractivity contribution in [3.05, 3.63) is 30.0 Å². The first kappa shape index (κ1) is 22.0. The summed E-state index contributed by atoms with van der Waals surface area (Å²) in [5, 5.41) is 15.6. The highest BCUT2D eigenvalue weighted by molar-refractivity contribution is 7.98. The zero-order chi connectivity index (χ0) is 22.6. The molecule has 3 unspecified atom stereocenters. The number of nitrogens with one attached hydrogen (secondary N) is 1. The van der Waals surface area contributed by atoms with Gasteiger partial charge in [-0.3, -0.25) is 0 Å². The highest BCUT2D eigenvalue weighted by Crippen LogP contribution is 2.45. The first-order valence-electron chi connectivity index (χ1n) is 10.8. The van der Waals surface area contributed by atoms with Gasteiger partial charge >= 0.3 is 0 Å². The molecule has 3 aromatic rings. The second kappa shape index (κ2) is 8.22. The Morgan fingerprint density at radius 2 is 1.94 bits per heavy atom. The highest BCUT2D eigenvalue weighted by atomic mass is 32.2. The fourth-order valence-electron chi connectivity index (χ4n) is 4.79. The third-order valence-electron chi connectivity index (χ3n) is 6.21. The normalized spacial score (nSPS) is 27.6. The summed E-state index contributed by atoms with van der Waals surface area (Å²) in [6, 6.07) is 8.08. The summed E-state index contributed by atoms with van der Waals surface area (Å²) in [5.74, 6) is 0.0716. The van der Waals surface area contributed by atoms with Crippen LogP contribution in [0.4, 0.5) is 5.82 Å². The molecule has 1 aromatic carbocycles. The first-order chi connectivity index (χ1) is 15.3. The lowest BCUT2D eigenvalue weighted by molar-refractivity contribution is -0.161. The number of aromatic nitrogens is 3. The third kappa shape index (κ3) is 3.90. The molecular formula is C23H28N4O3S2. The predicted octanol–water partition coefficient (Wildman–Crippen LogP) is 4.48. The summed E-state index contributed by atoms with van der Waals surface area (Å²) in [5.41, 5.74) is 2.77. The summed E-state index contributed by atoms with van der Waals surface area (Å²) in [6.07, 6.45) is 1.91. The van der Waals surface area contributed by atoms with Gasteiger partial charge in [-0.1, -0.05) is 23.9 Å². The molecule has 1 aliphatic heterocycles. The smallest absolute Gasteiger partial charge is 0.189 e. The third-order valence-corrected chi connectivity index (χ3v) is 7.81. The van der Waals surface area contributed by atoms with E-state index >= 15 is 0 Å². The Morgan fingerprint density at radius 3 is 2.66 bits per heavy atom. The van der Waals surface area contributed by atoms with E-state index < -0.39 is 11.9 Å². The minimum absolute atomic E-state index is 0.00636. The van der Waals surface area contributed by atoms with Crippen molar-refractivity contribution in [2.45, 2.75) is 69.4 Å². The van der Waals surface area contributed by atoms with Crippen LogP contribution in [0.1, 0.15) is 32.9 Å². The number of thiazole rings is 1. The number of anilines is 1. The molecular weight excluding hydrogens is 444 g/mol. The molecule has 1 aliphatic carbocycles. The maximum absolute atomic E-state index is 10.4.